The van der Waals surface area contributed by atoms with Gasteiger partial charge in [0.2, 0.25) is 18.2 Å². The second-order valence-electron chi connectivity index (χ2n) is 7.45. The molecule has 0 spiro atoms. The van der Waals surface area contributed by atoms with Crippen LogP contribution in [0.1, 0.15) is 54.1 Å². The van der Waals surface area contributed by atoms with Crippen LogP contribution in [0.15, 0.2) is 24.3 Å². The molecule has 2 rings (SSSR count). The molecule has 0 aromatic heterocycles. The second-order valence-corrected chi connectivity index (χ2v) is 10.1. The van der Waals surface area contributed by atoms with Crippen LogP contribution in [0.5, 0.6) is 0 Å². The van der Waals surface area contributed by atoms with Crippen molar-refractivity contribution in [3.05, 3.63) is 68.8 Å². The van der Waals surface area contributed by atoms with E-state index in [0.717, 1.165) is 11.1 Å². The molecule has 0 amide bonds. The number of benzene rings is 2. The van der Waals surface area contributed by atoms with Crippen LogP contribution in [0.3, 0.4) is 0 Å². The number of carbonyl (C=O) groups is 3. The fraction of sp³-hybridized carbons (Fsp3) is 0.318. The molecular weight excluding hydrogens is 398 g/mol. The molecule has 0 aliphatic rings. The molecule has 150 valence electrons. The van der Waals surface area contributed by atoms with Gasteiger partial charge in [0.15, 0.2) is 0 Å². The number of hydrogen-bond acceptors (Lipinski definition) is 4. The van der Waals surface area contributed by atoms with E-state index in [1.807, 2.05) is 13.8 Å². The first-order valence-corrected chi connectivity index (χ1v) is 10.8. The first kappa shape index (κ1) is 25.5. The summed E-state index contributed by atoms with van der Waals surface area (Å²) in [6.45, 7) is 10.5. The number of carbonyl (C=O) groups excluding carboxylic acids is 2. The van der Waals surface area contributed by atoms with Crippen molar-refractivity contribution in [3.63, 3.8) is 0 Å². The predicted octanol–water partition coefficient (Wildman–Crippen LogP) is 4.32. The van der Waals surface area contributed by atoms with E-state index in [1.54, 1.807) is 52.0 Å². The molecule has 29 heavy (non-hydrogen) atoms. The van der Waals surface area contributed by atoms with Crippen molar-refractivity contribution in [1.29, 1.82) is 0 Å². The minimum absolute atomic E-state index is 0. The van der Waals surface area contributed by atoms with Gasteiger partial charge in [-0.05, 0) is 63.8 Å². The van der Waals surface area contributed by atoms with Gasteiger partial charge < -0.3 is 9.67 Å². The number of rotatable bonds is 6. The Bertz CT molecular complexity index is 936. The van der Waals surface area contributed by atoms with Gasteiger partial charge in [-0.15, -0.1) is 0 Å². The Kier molecular flexibility index (Phi) is 8.38. The standard InChI is InChI=1S/C22H25O5P.Na.H/c1-12-7-14(3)19(15(4)8-12)21(25)28(27,11-18(23)24)22(26)20-16(5)9-13(2)10-17(20)6;;/h7-10H,11H2,1-6H3,(H,23,24);;. The number of carboxylic acids is 1. The van der Waals surface area contributed by atoms with E-state index in [4.69, 9.17) is 0 Å². The average Bonchev–Trinajstić information content (AvgIpc) is 2.51. The first-order chi connectivity index (χ1) is 12.9. The molecule has 0 bridgehead atoms. The van der Waals surface area contributed by atoms with Crippen LogP contribution in [-0.4, -0.2) is 57.8 Å². The third-order valence-electron chi connectivity index (χ3n) is 4.80. The van der Waals surface area contributed by atoms with Crippen LogP contribution in [-0.2, 0) is 9.36 Å². The number of carboxylic acid groups (broad SMARTS) is 1. The molecular formula is C22H26NaO5P. The van der Waals surface area contributed by atoms with Gasteiger partial charge in [0, 0.05) is 11.1 Å². The number of hydrogen-bond donors (Lipinski definition) is 1. The minimum atomic E-state index is -4.42. The third kappa shape index (κ3) is 5.16. The summed E-state index contributed by atoms with van der Waals surface area (Å²) < 4.78 is 13.7. The van der Waals surface area contributed by atoms with E-state index in [1.165, 1.54) is 0 Å². The molecule has 0 aliphatic heterocycles. The van der Waals surface area contributed by atoms with E-state index >= 15 is 0 Å². The summed E-state index contributed by atoms with van der Waals surface area (Å²) in [4.78, 5) is 38.1. The van der Waals surface area contributed by atoms with Gasteiger partial charge in [0.05, 0.1) is 0 Å². The normalized spacial score (nSPS) is 11.0. The maximum atomic E-state index is 13.7. The zero-order chi connectivity index (χ0) is 21.4. The Balaban J connectivity index is 0.00000420. The van der Waals surface area contributed by atoms with Gasteiger partial charge in [-0.25, -0.2) is 0 Å². The first-order valence-electron chi connectivity index (χ1n) is 8.94. The van der Waals surface area contributed by atoms with Gasteiger partial charge in [0.25, 0.3) is 0 Å². The van der Waals surface area contributed by atoms with Gasteiger partial charge in [-0.2, -0.15) is 0 Å². The van der Waals surface area contributed by atoms with Crippen LogP contribution in [0.4, 0.5) is 0 Å². The molecule has 0 unspecified atom stereocenters. The Labute approximate surface area is 193 Å². The summed E-state index contributed by atoms with van der Waals surface area (Å²) in [7, 11) is -4.42. The summed E-state index contributed by atoms with van der Waals surface area (Å²) in [6.07, 6.45) is -0.996. The van der Waals surface area contributed by atoms with Gasteiger partial charge in [-0.1, -0.05) is 35.4 Å². The summed E-state index contributed by atoms with van der Waals surface area (Å²) >= 11 is 0. The number of aryl methyl sites for hydroxylation is 6. The predicted molar refractivity (Wildman–Crippen MR) is 117 cm³/mol. The van der Waals surface area contributed by atoms with Crippen LogP contribution in [0.2, 0.25) is 0 Å². The molecule has 7 heteroatoms. The fourth-order valence-corrected chi connectivity index (χ4v) is 6.10. The van der Waals surface area contributed by atoms with Crippen LogP contribution in [0.25, 0.3) is 0 Å². The monoisotopic (exact) mass is 424 g/mol. The molecule has 0 fully saturated rings. The Morgan fingerprint density at radius 1 is 0.724 bits per heavy atom. The molecule has 0 saturated heterocycles. The summed E-state index contributed by atoms with van der Waals surface area (Å²) in [6, 6.07) is 7.05. The van der Waals surface area contributed by atoms with Crippen LogP contribution in [0, 0.1) is 41.5 Å². The van der Waals surface area contributed by atoms with Crippen molar-refractivity contribution in [2.24, 2.45) is 0 Å². The average molecular weight is 424 g/mol. The summed E-state index contributed by atoms with van der Waals surface area (Å²) in [5.41, 5.74) is 2.76. The van der Waals surface area contributed by atoms with Crippen molar-refractivity contribution < 1.29 is 24.1 Å². The maximum absolute atomic E-state index is 13.7. The Morgan fingerprint density at radius 2 is 1.00 bits per heavy atom. The van der Waals surface area contributed by atoms with E-state index in [0.29, 0.717) is 22.3 Å². The van der Waals surface area contributed by atoms with Gasteiger partial charge in [-0.3, -0.25) is 14.4 Å². The molecule has 5 nitrogen and oxygen atoms in total. The van der Waals surface area contributed by atoms with Crippen molar-refractivity contribution in [1.82, 2.24) is 0 Å². The molecule has 2 aromatic rings. The van der Waals surface area contributed by atoms with Crippen LogP contribution >= 0.6 is 7.14 Å². The van der Waals surface area contributed by atoms with Crippen molar-refractivity contribution in [3.8, 4) is 0 Å². The zero-order valence-electron chi connectivity index (χ0n) is 17.0. The summed E-state index contributed by atoms with van der Waals surface area (Å²) in [5, 5.41) is 9.33. The molecule has 2 aromatic carbocycles. The van der Waals surface area contributed by atoms with E-state index < -0.39 is 30.3 Å². The molecule has 1 N–H and O–H groups in total. The zero-order valence-corrected chi connectivity index (χ0v) is 17.9. The van der Waals surface area contributed by atoms with E-state index in [2.05, 4.69) is 0 Å². The van der Waals surface area contributed by atoms with E-state index in [-0.39, 0.29) is 40.7 Å². The SMILES string of the molecule is Cc1cc(C)c(C(=O)P(=O)(CC(=O)O)C(=O)c2c(C)cc(C)cc2C)c(C)c1.[NaH]. The van der Waals surface area contributed by atoms with Crippen LogP contribution < -0.4 is 0 Å². The van der Waals surface area contributed by atoms with E-state index in [9.17, 15) is 24.1 Å². The van der Waals surface area contributed by atoms with Crippen molar-refractivity contribution >= 4 is 53.7 Å². The molecule has 0 aliphatic carbocycles. The third-order valence-corrected chi connectivity index (χ3v) is 7.27. The van der Waals surface area contributed by atoms with Crippen molar-refractivity contribution in [2.75, 3.05) is 6.16 Å². The topological polar surface area (TPSA) is 88.5 Å². The summed E-state index contributed by atoms with van der Waals surface area (Å²) in [5.74, 6) is -1.44. The second kappa shape index (κ2) is 9.53. The van der Waals surface area contributed by atoms with Crippen molar-refractivity contribution in [2.45, 2.75) is 41.5 Å². The molecule has 0 atom stereocenters. The Hall–Kier alpha value is -1.52. The molecule has 0 radical (unpaired) electrons. The fourth-order valence-electron chi connectivity index (χ4n) is 3.82. The quantitative estimate of drug-likeness (QED) is 0.551. The van der Waals surface area contributed by atoms with Gasteiger partial charge in [0.1, 0.15) is 6.16 Å². The molecule has 0 saturated carbocycles. The Morgan fingerprint density at radius 3 is 1.24 bits per heavy atom. The van der Waals surface area contributed by atoms with Gasteiger partial charge >= 0.3 is 35.5 Å². The number of aliphatic carboxylic acids is 1. The molecule has 0 heterocycles.